The summed E-state index contributed by atoms with van der Waals surface area (Å²) < 4.78 is 0. The van der Waals surface area contributed by atoms with E-state index in [2.05, 4.69) is 27.7 Å². The van der Waals surface area contributed by atoms with Crippen molar-refractivity contribution >= 4 is 0 Å². The van der Waals surface area contributed by atoms with Crippen LogP contribution in [-0.2, 0) is 26.2 Å². The third-order valence-electron chi connectivity index (χ3n) is 3.42. The second kappa shape index (κ2) is 10.4. The first kappa shape index (κ1) is 21.6. The van der Waals surface area contributed by atoms with Gasteiger partial charge < -0.3 is 13.5 Å². The van der Waals surface area contributed by atoms with Crippen LogP contribution in [0.4, 0.5) is 0 Å². The summed E-state index contributed by atoms with van der Waals surface area (Å²) in [4.78, 5) is 0. The van der Waals surface area contributed by atoms with Gasteiger partial charge in [-0.1, -0.05) is 33.6 Å². The maximum absolute atomic E-state index is 5.84. The number of allylic oxidation sites excluding steroid dienone is 1. The molecule has 0 N–H and O–H groups in total. The molecule has 0 saturated heterocycles. The summed E-state index contributed by atoms with van der Waals surface area (Å²) in [6.45, 7) is 16.5. The zero-order valence-electron chi connectivity index (χ0n) is 13.5. The van der Waals surface area contributed by atoms with E-state index in [0.717, 1.165) is 18.4 Å². The van der Waals surface area contributed by atoms with E-state index >= 15 is 0 Å². The van der Waals surface area contributed by atoms with Crippen LogP contribution >= 0.6 is 0 Å². The second-order valence-electron chi connectivity index (χ2n) is 6.53. The summed E-state index contributed by atoms with van der Waals surface area (Å²) in [6, 6.07) is 0. The number of hydrogen-bond acceptors (Lipinski definition) is 0. The molecule has 3 saturated carbocycles. The molecular formula is C20H26Zr. The quantitative estimate of drug-likeness (QED) is 0.532. The molecule has 0 amide bonds. The predicted molar refractivity (Wildman–Crippen MR) is 87.3 cm³/mol. The Kier molecular flexibility index (Phi) is 10.7. The first-order valence-electron chi connectivity index (χ1n) is 7.14. The first-order chi connectivity index (χ1) is 9.33. The van der Waals surface area contributed by atoms with Crippen molar-refractivity contribution < 1.29 is 26.2 Å². The average Bonchev–Trinajstić information content (AvgIpc) is 3.07. The Bertz CT molecular complexity index is 255. The van der Waals surface area contributed by atoms with Crippen molar-refractivity contribution in [3.05, 3.63) is 83.3 Å². The van der Waals surface area contributed by atoms with Crippen molar-refractivity contribution in [3.8, 4) is 0 Å². The van der Waals surface area contributed by atoms with Gasteiger partial charge in [0.25, 0.3) is 0 Å². The molecule has 1 heteroatoms. The van der Waals surface area contributed by atoms with Crippen LogP contribution in [0.3, 0.4) is 0 Å². The van der Waals surface area contributed by atoms with Gasteiger partial charge in [0.15, 0.2) is 0 Å². The largest absolute Gasteiger partial charge is 2.00 e. The fraction of sp³-hybridized carbons (Fsp3) is 0.350. The van der Waals surface area contributed by atoms with Crippen LogP contribution in [0.15, 0.2) is 5.57 Å². The molecule has 1 atom stereocenters. The van der Waals surface area contributed by atoms with Crippen LogP contribution in [0.2, 0.25) is 0 Å². The van der Waals surface area contributed by atoms with Crippen LogP contribution in [0, 0.1) is 88.5 Å². The van der Waals surface area contributed by atoms with E-state index in [1.807, 2.05) is 64.2 Å². The van der Waals surface area contributed by atoms with Gasteiger partial charge >= 0.3 is 26.2 Å². The number of hydrogen-bond donors (Lipinski definition) is 0. The smallest absolute Gasteiger partial charge is 0.516 e. The monoisotopic (exact) mass is 356 g/mol. The zero-order valence-corrected chi connectivity index (χ0v) is 15.9. The van der Waals surface area contributed by atoms with Crippen molar-refractivity contribution in [1.82, 2.24) is 0 Å². The van der Waals surface area contributed by atoms with E-state index in [4.69, 9.17) is 6.58 Å². The third-order valence-corrected chi connectivity index (χ3v) is 3.42. The first-order valence-corrected chi connectivity index (χ1v) is 7.14. The summed E-state index contributed by atoms with van der Waals surface area (Å²) in [7, 11) is 0. The molecule has 3 rings (SSSR count). The van der Waals surface area contributed by atoms with Gasteiger partial charge in [-0.25, -0.2) is 0 Å². The molecule has 3 aliphatic rings. The molecule has 0 spiro atoms. The summed E-state index contributed by atoms with van der Waals surface area (Å²) >= 11 is 0. The van der Waals surface area contributed by atoms with Gasteiger partial charge in [0, 0.05) is 0 Å². The van der Waals surface area contributed by atoms with E-state index in [1.165, 1.54) is 0 Å². The molecule has 0 nitrogen and oxygen atoms in total. The van der Waals surface area contributed by atoms with Crippen molar-refractivity contribution in [1.29, 1.82) is 0 Å². The van der Waals surface area contributed by atoms with Crippen molar-refractivity contribution in [3.63, 3.8) is 0 Å². The molecule has 3 fully saturated rings. The normalized spacial score (nSPS) is 29.8. The Labute approximate surface area is 153 Å². The van der Waals surface area contributed by atoms with Gasteiger partial charge in [0.1, 0.15) is 0 Å². The standard InChI is InChI=1S/C10H16.2C5H5.Zr/c1-8-6-9(2,3)7-10(8,4)5;2*1-2-4-5-3-1;/h1H,4,6-7H2,2-3,5H3;2*1-5H;/q-2;;;+2. The minimum absolute atomic E-state index is 0. The van der Waals surface area contributed by atoms with Crippen LogP contribution < -0.4 is 0 Å². The summed E-state index contributed by atoms with van der Waals surface area (Å²) in [5, 5.41) is 0. The molecule has 0 aromatic heterocycles. The average molecular weight is 358 g/mol. The summed E-state index contributed by atoms with van der Waals surface area (Å²) in [6.07, 6.45) is 22.2. The molecule has 3 aliphatic carbocycles. The molecule has 110 valence electrons. The van der Waals surface area contributed by atoms with Crippen LogP contribution in [-0.4, -0.2) is 0 Å². The second-order valence-corrected chi connectivity index (χ2v) is 6.53. The van der Waals surface area contributed by atoms with E-state index in [1.54, 1.807) is 0 Å². The van der Waals surface area contributed by atoms with Gasteiger partial charge in [0.05, 0.1) is 0 Å². The Morgan fingerprint density at radius 3 is 1.19 bits per heavy atom. The van der Waals surface area contributed by atoms with E-state index in [0.29, 0.717) is 5.41 Å². The molecule has 0 aromatic carbocycles. The fourth-order valence-electron chi connectivity index (χ4n) is 2.60. The van der Waals surface area contributed by atoms with Gasteiger partial charge in [-0.3, -0.25) is 5.57 Å². The Hall–Kier alpha value is 0.623. The molecule has 1 unspecified atom stereocenters. The van der Waals surface area contributed by atoms with E-state index < -0.39 is 0 Å². The minimum Gasteiger partial charge on any atom is -0.516 e. The fourth-order valence-corrected chi connectivity index (χ4v) is 2.60. The van der Waals surface area contributed by atoms with Gasteiger partial charge in [0.2, 0.25) is 0 Å². The SMILES string of the molecule is [CH-]=C1CC(C)(C)CC1([CH2-])C.[CH]1[CH][CH][CH][CH]1.[CH]1[CH][CH][CH][CH]1.[Zr+2]. The summed E-state index contributed by atoms with van der Waals surface area (Å²) in [5.41, 5.74) is 1.47. The van der Waals surface area contributed by atoms with E-state index in [9.17, 15) is 0 Å². The maximum atomic E-state index is 5.84. The summed E-state index contributed by atoms with van der Waals surface area (Å²) in [5.74, 6) is 0. The van der Waals surface area contributed by atoms with Gasteiger partial charge in [-0.15, -0.1) is 0 Å². The van der Waals surface area contributed by atoms with Crippen molar-refractivity contribution in [2.75, 3.05) is 0 Å². The molecule has 0 aromatic rings. The Morgan fingerprint density at radius 1 is 0.810 bits per heavy atom. The molecule has 0 bridgehead atoms. The maximum Gasteiger partial charge on any atom is 2.00 e. The number of rotatable bonds is 0. The molecular weight excluding hydrogens is 331 g/mol. The predicted octanol–water partition coefficient (Wildman–Crippen LogP) is 5.05. The molecule has 10 radical (unpaired) electrons. The van der Waals surface area contributed by atoms with Gasteiger partial charge in [-0.05, 0) is 69.6 Å². The topological polar surface area (TPSA) is 0 Å². The van der Waals surface area contributed by atoms with Crippen LogP contribution in [0.5, 0.6) is 0 Å². The Balaban J connectivity index is 0.000000307. The Morgan fingerprint density at radius 2 is 1.10 bits per heavy atom. The third kappa shape index (κ3) is 9.37. The molecule has 0 aliphatic heterocycles. The minimum atomic E-state index is 0. The molecule has 21 heavy (non-hydrogen) atoms. The van der Waals surface area contributed by atoms with Crippen LogP contribution in [0.25, 0.3) is 0 Å². The molecule has 0 heterocycles. The zero-order chi connectivity index (χ0) is 15.1. The van der Waals surface area contributed by atoms with Crippen molar-refractivity contribution in [2.24, 2.45) is 10.8 Å². The van der Waals surface area contributed by atoms with Crippen molar-refractivity contribution in [2.45, 2.75) is 33.6 Å². The van der Waals surface area contributed by atoms with E-state index in [-0.39, 0.29) is 31.6 Å². The van der Waals surface area contributed by atoms with Gasteiger partial charge in [-0.2, -0.15) is 5.41 Å². The van der Waals surface area contributed by atoms with Crippen LogP contribution in [0.1, 0.15) is 33.6 Å².